The normalized spacial score (nSPS) is 11.6. The molecule has 0 saturated heterocycles. The first-order valence-electron chi connectivity index (χ1n) is 4.96. The van der Waals surface area contributed by atoms with Crippen molar-refractivity contribution in [1.82, 2.24) is 0 Å². The first-order chi connectivity index (χ1) is 7.63. The first kappa shape index (κ1) is 12.1. The maximum atomic E-state index is 10.7. The van der Waals surface area contributed by atoms with Crippen LogP contribution in [0.2, 0.25) is 0 Å². The summed E-state index contributed by atoms with van der Waals surface area (Å²) < 4.78 is 0. The second-order valence-electron chi connectivity index (χ2n) is 3.58. The summed E-state index contributed by atoms with van der Waals surface area (Å²) in [5.74, 6) is -1.08. The van der Waals surface area contributed by atoms with Gasteiger partial charge in [-0.2, -0.15) is 0 Å². The summed E-state index contributed by atoms with van der Waals surface area (Å²) in [6, 6.07) is 6.86. The van der Waals surface area contributed by atoms with Gasteiger partial charge in [-0.15, -0.1) is 0 Å². The number of carboxylic acids is 1. The van der Waals surface area contributed by atoms with Gasteiger partial charge in [0.1, 0.15) is 6.04 Å². The summed E-state index contributed by atoms with van der Waals surface area (Å²) in [7, 11) is 0. The molecule has 1 rings (SSSR count). The van der Waals surface area contributed by atoms with Crippen molar-refractivity contribution in [2.45, 2.75) is 25.8 Å². The fourth-order valence-corrected chi connectivity index (χ4v) is 1.35. The third-order valence-electron chi connectivity index (χ3n) is 2.30. The van der Waals surface area contributed by atoms with E-state index in [1.165, 1.54) is 0 Å². The molecule has 0 bridgehead atoms. The Morgan fingerprint density at radius 2 is 2.12 bits per heavy atom. The molecule has 0 aliphatic rings. The van der Waals surface area contributed by atoms with E-state index in [0.717, 1.165) is 11.1 Å². The molecule has 0 aromatic heterocycles. The van der Waals surface area contributed by atoms with E-state index >= 15 is 0 Å². The number of aliphatic carboxylic acids is 1. The van der Waals surface area contributed by atoms with Gasteiger partial charge in [0.25, 0.3) is 0 Å². The summed E-state index contributed by atoms with van der Waals surface area (Å²) in [6.07, 6.45) is 0.915. The Morgan fingerprint density at radius 1 is 1.50 bits per heavy atom. The van der Waals surface area contributed by atoms with E-state index in [2.05, 4.69) is 10.0 Å². The highest BCUT2D eigenvalue weighted by Gasteiger charge is 2.14. The van der Waals surface area contributed by atoms with Gasteiger partial charge in [0, 0.05) is 4.91 Å². The molecular formula is C11H13N3O2. The first-order valence-corrected chi connectivity index (χ1v) is 4.96. The quantitative estimate of drug-likeness (QED) is 0.469. The minimum Gasteiger partial charge on any atom is -0.481 e. The van der Waals surface area contributed by atoms with Gasteiger partial charge in [-0.05, 0) is 30.9 Å². The highest BCUT2D eigenvalue weighted by atomic mass is 16.4. The molecule has 0 spiro atoms. The molecule has 0 fully saturated rings. The number of hydrogen-bond donors (Lipinski definition) is 1. The van der Waals surface area contributed by atoms with Gasteiger partial charge in [-0.25, -0.2) is 0 Å². The Balaban J connectivity index is 2.58. The summed E-state index contributed by atoms with van der Waals surface area (Å²) in [5.41, 5.74) is 10.4. The van der Waals surface area contributed by atoms with Gasteiger partial charge in [0.15, 0.2) is 0 Å². The molecule has 0 aliphatic heterocycles. The van der Waals surface area contributed by atoms with E-state index in [-0.39, 0.29) is 0 Å². The van der Waals surface area contributed by atoms with Crippen LogP contribution in [0.3, 0.4) is 0 Å². The smallest absolute Gasteiger partial charge is 0.312 e. The van der Waals surface area contributed by atoms with Crippen molar-refractivity contribution in [1.29, 1.82) is 0 Å². The lowest BCUT2D eigenvalue weighted by Crippen LogP contribution is -2.17. The molecule has 1 unspecified atom stereocenters. The topological polar surface area (TPSA) is 86.1 Å². The van der Waals surface area contributed by atoms with Gasteiger partial charge in [-0.1, -0.05) is 34.9 Å². The molecule has 1 aromatic rings. The standard InChI is InChI=1S/C11H13N3O2/c1-8-2-4-9(5-3-8)6-7-10(11(15)16)13-14-12/h2-5,10H,6-7H2,1H3,(H,15,16). The van der Waals surface area contributed by atoms with Crippen LogP contribution in [-0.2, 0) is 11.2 Å². The number of benzene rings is 1. The van der Waals surface area contributed by atoms with E-state index in [9.17, 15) is 4.79 Å². The molecule has 1 N–H and O–H groups in total. The fraction of sp³-hybridized carbons (Fsp3) is 0.364. The van der Waals surface area contributed by atoms with E-state index in [0.29, 0.717) is 12.8 Å². The van der Waals surface area contributed by atoms with Crippen LogP contribution in [0.1, 0.15) is 17.5 Å². The Morgan fingerprint density at radius 3 is 2.62 bits per heavy atom. The maximum absolute atomic E-state index is 10.7. The van der Waals surface area contributed by atoms with Gasteiger partial charge in [0.2, 0.25) is 0 Å². The van der Waals surface area contributed by atoms with E-state index < -0.39 is 12.0 Å². The number of rotatable bonds is 5. The molecule has 0 radical (unpaired) electrons. The van der Waals surface area contributed by atoms with E-state index in [1.807, 2.05) is 31.2 Å². The van der Waals surface area contributed by atoms with Crippen molar-refractivity contribution in [3.63, 3.8) is 0 Å². The van der Waals surface area contributed by atoms with E-state index in [1.54, 1.807) is 0 Å². The van der Waals surface area contributed by atoms with E-state index in [4.69, 9.17) is 10.6 Å². The minimum atomic E-state index is -1.08. The van der Waals surface area contributed by atoms with Crippen LogP contribution in [0, 0.1) is 6.92 Å². The average molecular weight is 219 g/mol. The number of nitrogens with zero attached hydrogens (tertiary/aromatic N) is 3. The van der Waals surface area contributed by atoms with Crippen LogP contribution in [-0.4, -0.2) is 17.1 Å². The molecule has 0 aliphatic carbocycles. The molecule has 16 heavy (non-hydrogen) atoms. The molecule has 0 amide bonds. The van der Waals surface area contributed by atoms with Crippen molar-refractivity contribution in [2.24, 2.45) is 5.11 Å². The molecule has 5 nitrogen and oxygen atoms in total. The summed E-state index contributed by atoms with van der Waals surface area (Å²) >= 11 is 0. The molecule has 5 heteroatoms. The van der Waals surface area contributed by atoms with Crippen LogP contribution in [0.4, 0.5) is 0 Å². The van der Waals surface area contributed by atoms with Crippen LogP contribution >= 0.6 is 0 Å². The zero-order valence-electron chi connectivity index (χ0n) is 9.00. The third-order valence-corrected chi connectivity index (χ3v) is 2.30. The Bertz CT molecular complexity index is 406. The molecular weight excluding hydrogens is 206 g/mol. The molecule has 1 aromatic carbocycles. The summed E-state index contributed by atoms with van der Waals surface area (Å²) in [4.78, 5) is 13.2. The van der Waals surface area contributed by atoms with Gasteiger partial charge in [0.05, 0.1) is 0 Å². The highest BCUT2D eigenvalue weighted by molar-refractivity contribution is 5.73. The monoisotopic (exact) mass is 219 g/mol. The number of azide groups is 1. The van der Waals surface area contributed by atoms with Gasteiger partial charge in [-0.3, -0.25) is 4.79 Å². The molecule has 0 saturated carbocycles. The number of carboxylic acid groups (broad SMARTS) is 1. The Kier molecular flexibility index (Phi) is 4.36. The van der Waals surface area contributed by atoms with Crippen molar-refractivity contribution in [2.75, 3.05) is 0 Å². The average Bonchev–Trinajstić information content (AvgIpc) is 2.26. The van der Waals surface area contributed by atoms with Crippen LogP contribution < -0.4 is 0 Å². The third kappa shape index (κ3) is 3.63. The second-order valence-corrected chi connectivity index (χ2v) is 3.58. The second kappa shape index (κ2) is 5.78. The van der Waals surface area contributed by atoms with Crippen LogP contribution in [0.5, 0.6) is 0 Å². The lowest BCUT2D eigenvalue weighted by molar-refractivity contribution is -0.138. The van der Waals surface area contributed by atoms with Crippen molar-refractivity contribution >= 4 is 5.97 Å². The molecule has 1 atom stereocenters. The van der Waals surface area contributed by atoms with Gasteiger partial charge < -0.3 is 5.11 Å². The lowest BCUT2D eigenvalue weighted by Gasteiger charge is -2.05. The van der Waals surface area contributed by atoms with Crippen LogP contribution in [0.15, 0.2) is 29.4 Å². The Hall–Kier alpha value is -2.00. The fourth-order valence-electron chi connectivity index (χ4n) is 1.35. The van der Waals surface area contributed by atoms with Crippen LogP contribution in [0.25, 0.3) is 10.4 Å². The lowest BCUT2D eigenvalue weighted by atomic mass is 10.0. The SMILES string of the molecule is Cc1ccc(CCC(N=[N+]=[N-])C(=O)O)cc1. The molecule has 84 valence electrons. The highest BCUT2D eigenvalue weighted by Crippen LogP contribution is 2.09. The molecule has 0 heterocycles. The van der Waals surface area contributed by atoms with Gasteiger partial charge >= 0.3 is 5.97 Å². The largest absolute Gasteiger partial charge is 0.481 e. The number of hydrogen-bond acceptors (Lipinski definition) is 2. The Labute approximate surface area is 93.3 Å². The maximum Gasteiger partial charge on any atom is 0.312 e. The predicted molar refractivity (Wildman–Crippen MR) is 60.1 cm³/mol. The zero-order chi connectivity index (χ0) is 12.0. The summed E-state index contributed by atoms with van der Waals surface area (Å²) in [6.45, 7) is 1.99. The van der Waals surface area contributed by atoms with Crippen molar-refractivity contribution in [3.05, 3.63) is 45.8 Å². The minimum absolute atomic E-state index is 0.322. The predicted octanol–water partition coefficient (Wildman–Crippen LogP) is 2.69. The summed E-state index contributed by atoms with van der Waals surface area (Å²) in [5, 5.41) is 12.0. The zero-order valence-corrected chi connectivity index (χ0v) is 9.00. The van der Waals surface area contributed by atoms with Crippen molar-refractivity contribution < 1.29 is 9.90 Å². The number of aryl methyl sites for hydroxylation is 2. The number of carbonyl (C=O) groups is 1. The van der Waals surface area contributed by atoms with Crippen molar-refractivity contribution in [3.8, 4) is 0 Å².